The second kappa shape index (κ2) is 7.21. The van der Waals surface area contributed by atoms with Crippen LogP contribution in [0, 0.1) is 0 Å². The highest BCUT2D eigenvalue weighted by atomic mass is 32.2. The molecule has 0 saturated carbocycles. The van der Waals surface area contributed by atoms with Crippen molar-refractivity contribution in [3.63, 3.8) is 0 Å². The molecule has 2 aliphatic rings. The average Bonchev–Trinajstić information content (AvgIpc) is 3.08. The van der Waals surface area contributed by atoms with E-state index in [0.717, 1.165) is 56.7 Å². The molecular formula is C17H25N3O3S. The molecule has 1 amide bonds. The van der Waals surface area contributed by atoms with Gasteiger partial charge in [0.15, 0.2) is 0 Å². The summed E-state index contributed by atoms with van der Waals surface area (Å²) in [5, 5.41) is 0. The molecule has 0 atom stereocenters. The van der Waals surface area contributed by atoms with Gasteiger partial charge in [0.05, 0.1) is 6.26 Å². The lowest BCUT2D eigenvalue weighted by atomic mass is 10.1. The normalized spacial score (nSPS) is 20.5. The van der Waals surface area contributed by atoms with Gasteiger partial charge in [-0.1, -0.05) is 12.1 Å². The summed E-state index contributed by atoms with van der Waals surface area (Å²) >= 11 is 0. The van der Waals surface area contributed by atoms with E-state index in [9.17, 15) is 13.2 Å². The van der Waals surface area contributed by atoms with Crippen molar-refractivity contribution >= 4 is 15.9 Å². The first-order chi connectivity index (χ1) is 11.4. The zero-order valence-corrected chi connectivity index (χ0v) is 15.0. The average molecular weight is 351 g/mol. The highest BCUT2D eigenvalue weighted by Gasteiger charge is 2.24. The highest BCUT2D eigenvalue weighted by molar-refractivity contribution is 7.88. The van der Waals surface area contributed by atoms with Crippen LogP contribution < -0.4 is 0 Å². The molecule has 6 nitrogen and oxygen atoms in total. The largest absolute Gasteiger partial charge is 0.339 e. The lowest BCUT2D eigenvalue weighted by Gasteiger charge is -2.33. The first kappa shape index (κ1) is 17.4. The number of amides is 1. The first-order valence-corrected chi connectivity index (χ1v) is 10.3. The van der Waals surface area contributed by atoms with Gasteiger partial charge < -0.3 is 4.90 Å². The Labute approximate surface area is 144 Å². The Kier molecular flexibility index (Phi) is 5.22. The Morgan fingerprint density at radius 2 is 1.71 bits per heavy atom. The predicted octanol–water partition coefficient (Wildman–Crippen LogP) is 1.000. The van der Waals surface area contributed by atoms with E-state index in [-0.39, 0.29) is 5.91 Å². The molecule has 0 bridgehead atoms. The number of hydrogen-bond donors (Lipinski definition) is 0. The summed E-state index contributed by atoms with van der Waals surface area (Å²) in [6.45, 7) is 4.97. The van der Waals surface area contributed by atoms with Crippen molar-refractivity contribution in [3.8, 4) is 0 Å². The summed E-state index contributed by atoms with van der Waals surface area (Å²) in [6.07, 6.45) is 3.45. The van der Waals surface area contributed by atoms with Crippen LogP contribution in [0.2, 0.25) is 0 Å². The number of nitrogens with zero attached hydrogens (tertiary/aromatic N) is 3. The predicted molar refractivity (Wildman–Crippen MR) is 93.3 cm³/mol. The van der Waals surface area contributed by atoms with Gasteiger partial charge in [-0.15, -0.1) is 0 Å². The molecule has 2 saturated heterocycles. The number of benzene rings is 1. The molecule has 0 N–H and O–H groups in total. The van der Waals surface area contributed by atoms with Crippen molar-refractivity contribution in [1.82, 2.24) is 14.1 Å². The molecule has 1 aromatic rings. The SMILES string of the molecule is CS(=O)(=O)N1CCN(Cc2cccc(C(=O)N3CCCC3)c2)CC1. The molecule has 0 radical (unpaired) electrons. The van der Waals surface area contributed by atoms with Crippen molar-refractivity contribution in [3.05, 3.63) is 35.4 Å². The van der Waals surface area contributed by atoms with Crippen molar-refractivity contribution in [2.75, 3.05) is 45.5 Å². The van der Waals surface area contributed by atoms with Crippen LogP contribution >= 0.6 is 0 Å². The third-order valence-electron chi connectivity index (χ3n) is 4.77. The maximum Gasteiger partial charge on any atom is 0.253 e. The van der Waals surface area contributed by atoms with E-state index < -0.39 is 10.0 Å². The van der Waals surface area contributed by atoms with Gasteiger partial charge in [0.2, 0.25) is 10.0 Å². The van der Waals surface area contributed by atoms with E-state index in [1.165, 1.54) is 10.6 Å². The van der Waals surface area contributed by atoms with Crippen molar-refractivity contribution < 1.29 is 13.2 Å². The number of rotatable bonds is 4. The lowest BCUT2D eigenvalue weighted by Crippen LogP contribution is -2.47. The Morgan fingerprint density at radius 1 is 1.04 bits per heavy atom. The maximum atomic E-state index is 12.5. The molecule has 3 rings (SSSR count). The molecule has 24 heavy (non-hydrogen) atoms. The van der Waals surface area contributed by atoms with Crippen molar-refractivity contribution in [1.29, 1.82) is 0 Å². The van der Waals surface area contributed by atoms with E-state index in [1.807, 2.05) is 29.2 Å². The molecule has 2 heterocycles. The van der Waals surface area contributed by atoms with E-state index in [0.29, 0.717) is 13.1 Å². The van der Waals surface area contributed by atoms with Gasteiger partial charge in [-0.2, -0.15) is 4.31 Å². The zero-order chi connectivity index (χ0) is 17.2. The van der Waals surface area contributed by atoms with Crippen LogP contribution in [0.1, 0.15) is 28.8 Å². The standard InChI is InChI=1S/C17H25N3O3S/c1-24(22,23)20-11-9-18(10-12-20)14-15-5-4-6-16(13-15)17(21)19-7-2-3-8-19/h4-6,13H,2-3,7-12,14H2,1H3. The van der Waals surface area contributed by atoms with Crippen LogP contribution in [-0.2, 0) is 16.6 Å². The van der Waals surface area contributed by atoms with Gasteiger partial charge >= 0.3 is 0 Å². The number of likely N-dealkylation sites (tertiary alicyclic amines) is 1. The third kappa shape index (κ3) is 4.15. The summed E-state index contributed by atoms with van der Waals surface area (Å²) in [7, 11) is -3.09. The molecule has 2 fully saturated rings. The smallest absolute Gasteiger partial charge is 0.253 e. The van der Waals surface area contributed by atoms with Crippen LogP contribution in [0.15, 0.2) is 24.3 Å². The fourth-order valence-corrected chi connectivity index (χ4v) is 4.21. The number of carbonyl (C=O) groups excluding carboxylic acids is 1. The van der Waals surface area contributed by atoms with Gasteiger partial charge in [0.1, 0.15) is 0 Å². The topological polar surface area (TPSA) is 60.9 Å². The Morgan fingerprint density at radius 3 is 2.33 bits per heavy atom. The molecule has 7 heteroatoms. The fourth-order valence-electron chi connectivity index (χ4n) is 3.38. The molecule has 0 aliphatic carbocycles. The van der Waals surface area contributed by atoms with E-state index in [1.54, 1.807) is 0 Å². The van der Waals surface area contributed by atoms with Crippen LogP contribution in [-0.4, -0.2) is 74.0 Å². The Balaban J connectivity index is 1.60. The maximum absolute atomic E-state index is 12.5. The summed E-state index contributed by atoms with van der Waals surface area (Å²) in [6, 6.07) is 7.82. The van der Waals surface area contributed by atoms with Gasteiger partial charge in [-0.3, -0.25) is 9.69 Å². The second-order valence-corrected chi connectivity index (χ2v) is 8.62. The van der Waals surface area contributed by atoms with E-state index in [4.69, 9.17) is 0 Å². The quantitative estimate of drug-likeness (QED) is 0.812. The number of piperazine rings is 1. The number of hydrogen-bond acceptors (Lipinski definition) is 4. The second-order valence-electron chi connectivity index (χ2n) is 6.64. The molecule has 0 spiro atoms. The van der Waals surface area contributed by atoms with Crippen LogP contribution in [0.4, 0.5) is 0 Å². The van der Waals surface area contributed by atoms with Gasteiger partial charge in [-0.05, 0) is 30.5 Å². The molecule has 132 valence electrons. The molecular weight excluding hydrogens is 326 g/mol. The van der Waals surface area contributed by atoms with E-state index >= 15 is 0 Å². The van der Waals surface area contributed by atoms with Crippen LogP contribution in [0.3, 0.4) is 0 Å². The van der Waals surface area contributed by atoms with Crippen molar-refractivity contribution in [2.24, 2.45) is 0 Å². The first-order valence-electron chi connectivity index (χ1n) is 8.49. The van der Waals surface area contributed by atoms with Crippen molar-refractivity contribution in [2.45, 2.75) is 19.4 Å². The third-order valence-corrected chi connectivity index (χ3v) is 6.08. The molecule has 0 aromatic heterocycles. The molecule has 1 aromatic carbocycles. The van der Waals surface area contributed by atoms with Gasteiger partial charge in [0, 0.05) is 51.4 Å². The minimum absolute atomic E-state index is 0.122. The van der Waals surface area contributed by atoms with Gasteiger partial charge in [-0.25, -0.2) is 8.42 Å². The Hall–Kier alpha value is -1.44. The number of sulfonamides is 1. The number of carbonyl (C=O) groups is 1. The minimum atomic E-state index is -3.09. The fraction of sp³-hybridized carbons (Fsp3) is 0.588. The summed E-state index contributed by atoms with van der Waals surface area (Å²) in [5.41, 5.74) is 1.86. The van der Waals surface area contributed by atoms with Crippen LogP contribution in [0.25, 0.3) is 0 Å². The molecule has 0 unspecified atom stereocenters. The summed E-state index contributed by atoms with van der Waals surface area (Å²) in [4.78, 5) is 16.6. The summed E-state index contributed by atoms with van der Waals surface area (Å²) in [5.74, 6) is 0.122. The highest BCUT2D eigenvalue weighted by Crippen LogP contribution is 2.16. The summed E-state index contributed by atoms with van der Waals surface area (Å²) < 4.78 is 24.6. The minimum Gasteiger partial charge on any atom is -0.339 e. The lowest BCUT2D eigenvalue weighted by molar-refractivity contribution is 0.0792. The Bertz CT molecular complexity index is 691. The molecule has 2 aliphatic heterocycles. The van der Waals surface area contributed by atoms with Crippen LogP contribution in [0.5, 0.6) is 0 Å². The van der Waals surface area contributed by atoms with E-state index in [2.05, 4.69) is 4.90 Å². The monoisotopic (exact) mass is 351 g/mol. The zero-order valence-electron chi connectivity index (χ0n) is 14.1. The van der Waals surface area contributed by atoms with Gasteiger partial charge in [0.25, 0.3) is 5.91 Å².